The standard InChI is InChI=1S/C12H13ClF3NO/c13-10-2-1-9(12(14,15)16)5-11(10)18-7-8-3-4-17-6-8/h1-2,5,8,17H,3-4,6-7H2. The summed E-state index contributed by atoms with van der Waals surface area (Å²) in [5.74, 6) is 0.425. The Hall–Kier alpha value is -0.940. The molecule has 1 aliphatic heterocycles. The molecule has 1 aromatic carbocycles. The molecule has 0 aromatic heterocycles. The van der Waals surface area contributed by atoms with Crippen molar-refractivity contribution >= 4 is 11.6 Å². The first kappa shape index (κ1) is 13.5. The van der Waals surface area contributed by atoms with Gasteiger partial charge in [0.25, 0.3) is 0 Å². The lowest BCUT2D eigenvalue weighted by molar-refractivity contribution is -0.137. The number of ether oxygens (including phenoxy) is 1. The minimum atomic E-state index is -4.38. The number of nitrogens with one attached hydrogen (secondary N) is 1. The van der Waals surface area contributed by atoms with E-state index in [2.05, 4.69) is 5.32 Å². The lowest BCUT2D eigenvalue weighted by Crippen LogP contribution is -2.16. The van der Waals surface area contributed by atoms with Gasteiger partial charge in [0.2, 0.25) is 0 Å². The molecule has 1 aliphatic rings. The molecule has 1 N–H and O–H groups in total. The lowest BCUT2D eigenvalue weighted by Gasteiger charge is -2.14. The maximum Gasteiger partial charge on any atom is 0.416 e. The molecule has 0 bridgehead atoms. The van der Waals surface area contributed by atoms with Crippen molar-refractivity contribution in [3.05, 3.63) is 28.8 Å². The average Bonchev–Trinajstić information content (AvgIpc) is 2.79. The minimum Gasteiger partial charge on any atom is -0.492 e. The first-order valence-corrected chi connectivity index (χ1v) is 6.05. The monoisotopic (exact) mass is 279 g/mol. The maximum absolute atomic E-state index is 12.5. The highest BCUT2D eigenvalue weighted by molar-refractivity contribution is 6.32. The molecule has 0 aliphatic carbocycles. The van der Waals surface area contributed by atoms with Crippen LogP contribution in [0.2, 0.25) is 5.02 Å². The van der Waals surface area contributed by atoms with Crippen molar-refractivity contribution in [2.75, 3.05) is 19.7 Å². The summed E-state index contributed by atoms with van der Waals surface area (Å²) in [5.41, 5.74) is -0.744. The minimum absolute atomic E-state index is 0.0957. The molecule has 0 saturated carbocycles. The molecule has 100 valence electrons. The molecule has 1 saturated heterocycles. The van der Waals surface area contributed by atoms with Crippen LogP contribution in [0.25, 0.3) is 0 Å². The van der Waals surface area contributed by atoms with Gasteiger partial charge in [0.05, 0.1) is 17.2 Å². The first-order valence-electron chi connectivity index (χ1n) is 5.67. The van der Waals surface area contributed by atoms with Crippen LogP contribution in [0.4, 0.5) is 13.2 Å². The molecule has 1 aromatic rings. The van der Waals surface area contributed by atoms with Gasteiger partial charge in [-0.2, -0.15) is 13.2 Å². The highest BCUT2D eigenvalue weighted by atomic mass is 35.5. The number of alkyl halides is 3. The van der Waals surface area contributed by atoms with Crippen LogP contribution in [0.3, 0.4) is 0 Å². The summed E-state index contributed by atoms with van der Waals surface area (Å²) in [5, 5.41) is 3.37. The second-order valence-electron chi connectivity index (χ2n) is 4.31. The molecule has 1 atom stereocenters. The van der Waals surface area contributed by atoms with Gasteiger partial charge in [-0.15, -0.1) is 0 Å². The largest absolute Gasteiger partial charge is 0.492 e. The van der Waals surface area contributed by atoms with Gasteiger partial charge >= 0.3 is 6.18 Å². The summed E-state index contributed by atoms with van der Waals surface area (Å²) < 4.78 is 43.0. The fourth-order valence-corrected chi connectivity index (χ4v) is 2.03. The molecular weight excluding hydrogens is 267 g/mol. The Kier molecular flexibility index (Phi) is 4.02. The third-order valence-electron chi connectivity index (χ3n) is 2.90. The Balaban J connectivity index is 2.06. The number of hydrogen-bond donors (Lipinski definition) is 1. The zero-order chi connectivity index (χ0) is 13.2. The predicted molar refractivity (Wildman–Crippen MR) is 62.9 cm³/mol. The van der Waals surface area contributed by atoms with Crippen LogP contribution < -0.4 is 10.1 Å². The topological polar surface area (TPSA) is 21.3 Å². The van der Waals surface area contributed by atoms with Gasteiger partial charge in [0.15, 0.2) is 0 Å². The van der Waals surface area contributed by atoms with Gasteiger partial charge in [0.1, 0.15) is 5.75 Å². The Bertz CT molecular complexity index is 416. The van der Waals surface area contributed by atoms with Crippen LogP contribution in [-0.4, -0.2) is 19.7 Å². The number of benzene rings is 1. The smallest absolute Gasteiger partial charge is 0.416 e. The molecular formula is C12H13ClF3NO. The van der Waals surface area contributed by atoms with Crippen LogP contribution in [0.15, 0.2) is 18.2 Å². The quantitative estimate of drug-likeness (QED) is 0.916. The van der Waals surface area contributed by atoms with Gasteiger partial charge in [-0.1, -0.05) is 11.6 Å². The summed E-state index contributed by atoms with van der Waals surface area (Å²) in [6, 6.07) is 3.11. The van der Waals surface area contributed by atoms with E-state index in [4.69, 9.17) is 16.3 Å². The third kappa shape index (κ3) is 3.29. The van der Waals surface area contributed by atoms with Gasteiger partial charge in [-0.05, 0) is 31.2 Å². The summed E-state index contributed by atoms with van der Waals surface area (Å²) in [6.45, 7) is 2.13. The van der Waals surface area contributed by atoms with Gasteiger partial charge < -0.3 is 10.1 Å². The molecule has 1 fully saturated rings. The SMILES string of the molecule is FC(F)(F)c1ccc(Cl)c(OCC2CCNC2)c1. The highest BCUT2D eigenvalue weighted by Crippen LogP contribution is 2.35. The van der Waals surface area contributed by atoms with Crippen LogP contribution in [0.1, 0.15) is 12.0 Å². The van der Waals surface area contributed by atoms with E-state index in [9.17, 15) is 13.2 Å². The van der Waals surface area contributed by atoms with Crippen molar-refractivity contribution in [2.45, 2.75) is 12.6 Å². The maximum atomic E-state index is 12.5. The van der Waals surface area contributed by atoms with Crippen molar-refractivity contribution in [3.8, 4) is 5.75 Å². The van der Waals surface area contributed by atoms with Gasteiger partial charge in [-0.3, -0.25) is 0 Å². The molecule has 0 radical (unpaired) electrons. The van der Waals surface area contributed by atoms with Crippen molar-refractivity contribution in [2.24, 2.45) is 5.92 Å². The van der Waals surface area contributed by atoms with E-state index in [1.807, 2.05) is 0 Å². The number of hydrogen-bond acceptors (Lipinski definition) is 2. The Labute approximate surface area is 108 Å². The highest BCUT2D eigenvalue weighted by Gasteiger charge is 2.31. The van der Waals surface area contributed by atoms with Crippen molar-refractivity contribution in [1.29, 1.82) is 0 Å². The van der Waals surface area contributed by atoms with Gasteiger partial charge in [-0.25, -0.2) is 0 Å². The summed E-state index contributed by atoms with van der Waals surface area (Å²) >= 11 is 5.82. The van der Waals surface area contributed by atoms with E-state index in [-0.39, 0.29) is 10.8 Å². The molecule has 1 unspecified atom stereocenters. The molecule has 18 heavy (non-hydrogen) atoms. The fourth-order valence-electron chi connectivity index (χ4n) is 1.85. The van der Waals surface area contributed by atoms with E-state index in [1.54, 1.807) is 0 Å². The molecule has 0 amide bonds. The van der Waals surface area contributed by atoms with Crippen LogP contribution in [0.5, 0.6) is 5.75 Å². The van der Waals surface area contributed by atoms with E-state index >= 15 is 0 Å². The summed E-state index contributed by atoms with van der Waals surface area (Å²) in [4.78, 5) is 0. The molecule has 1 heterocycles. The Morgan fingerprint density at radius 3 is 2.78 bits per heavy atom. The van der Waals surface area contributed by atoms with Crippen LogP contribution >= 0.6 is 11.6 Å². The zero-order valence-corrected chi connectivity index (χ0v) is 10.3. The average molecular weight is 280 g/mol. The third-order valence-corrected chi connectivity index (χ3v) is 3.21. The Morgan fingerprint density at radius 1 is 1.39 bits per heavy atom. The fraction of sp³-hybridized carbons (Fsp3) is 0.500. The van der Waals surface area contributed by atoms with Crippen molar-refractivity contribution < 1.29 is 17.9 Å². The normalized spacial score (nSPS) is 20.1. The van der Waals surface area contributed by atoms with E-state index in [0.29, 0.717) is 12.5 Å². The summed E-state index contributed by atoms with van der Waals surface area (Å²) in [6.07, 6.45) is -3.41. The zero-order valence-electron chi connectivity index (χ0n) is 9.56. The molecule has 2 nitrogen and oxygen atoms in total. The lowest BCUT2D eigenvalue weighted by atomic mass is 10.1. The summed E-state index contributed by atoms with van der Waals surface area (Å²) in [7, 11) is 0. The first-order chi connectivity index (χ1) is 8.47. The number of halogens is 4. The predicted octanol–water partition coefficient (Wildman–Crippen LogP) is 3.35. The van der Waals surface area contributed by atoms with E-state index < -0.39 is 11.7 Å². The second-order valence-corrected chi connectivity index (χ2v) is 4.72. The Morgan fingerprint density at radius 2 is 2.17 bits per heavy atom. The molecule has 6 heteroatoms. The molecule has 2 rings (SSSR count). The van der Waals surface area contributed by atoms with Crippen molar-refractivity contribution in [3.63, 3.8) is 0 Å². The van der Waals surface area contributed by atoms with Crippen molar-refractivity contribution in [1.82, 2.24) is 5.32 Å². The van der Waals surface area contributed by atoms with Crippen LogP contribution in [-0.2, 0) is 6.18 Å². The number of rotatable bonds is 3. The van der Waals surface area contributed by atoms with E-state index in [1.165, 1.54) is 6.07 Å². The van der Waals surface area contributed by atoms with E-state index in [0.717, 1.165) is 31.6 Å². The second kappa shape index (κ2) is 5.36. The van der Waals surface area contributed by atoms with Gasteiger partial charge in [0, 0.05) is 12.5 Å². The van der Waals surface area contributed by atoms with Crippen LogP contribution in [0, 0.1) is 5.92 Å². The molecule has 0 spiro atoms.